The van der Waals surface area contributed by atoms with Gasteiger partial charge in [0.25, 0.3) is 0 Å². The Morgan fingerprint density at radius 3 is 1.41 bits per heavy atom. The molecule has 234 valence electrons. The molecule has 0 radical (unpaired) electrons. The fraction of sp³-hybridized carbons (Fsp3) is 0.769. The zero-order valence-corrected chi connectivity index (χ0v) is 27.6. The van der Waals surface area contributed by atoms with E-state index in [4.69, 9.17) is 0 Å². The molecule has 2 nitrogen and oxygen atoms in total. The van der Waals surface area contributed by atoms with Crippen LogP contribution >= 0.6 is 0 Å². The second kappa shape index (κ2) is 26.1. The first kappa shape index (κ1) is 35.6. The van der Waals surface area contributed by atoms with Crippen LogP contribution in [0.1, 0.15) is 186 Å². The molecule has 1 heterocycles. The zero-order valence-electron chi connectivity index (χ0n) is 27.6. The molecular weight excluding hydrogens is 496 g/mol. The maximum absolute atomic E-state index is 3.34. The number of hydrogen-bond acceptors (Lipinski definition) is 0. The van der Waals surface area contributed by atoms with Crippen molar-refractivity contribution >= 4 is 0 Å². The summed E-state index contributed by atoms with van der Waals surface area (Å²) in [6.07, 6.45) is 43.3. The second-order valence-electron chi connectivity index (χ2n) is 13.1. The van der Waals surface area contributed by atoms with Gasteiger partial charge in [-0.15, -0.1) is 0 Å². The van der Waals surface area contributed by atoms with Gasteiger partial charge in [0.2, 0.25) is 6.33 Å². The summed E-state index contributed by atoms with van der Waals surface area (Å²) in [5, 5.41) is 0. The number of benzene rings is 1. The standard InChI is InChI=1S/C39H68N2/c1-3-5-7-9-11-12-13-14-15-16-17-18-19-20-21-23-28-32-39(41-34-33-40-36-41)38(31-27-22-10-8-6-4-2)35-37-29-25-24-26-30-37/h24-26,29-30,33-34,36,38-39H,3-23,27-28,31-32,35H2,1-2H3/p+1. The van der Waals surface area contributed by atoms with Crippen molar-refractivity contribution in [2.45, 2.75) is 187 Å². The van der Waals surface area contributed by atoms with Gasteiger partial charge in [-0.25, -0.2) is 4.57 Å². The first-order valence-corrected chi connectivity index (χ1v) is 18.4. The molecule has 2 unspecified atom stereocenters. The third kappa shape index (κ3) is 18.6. The van der Waals surface area contributed by atoms with E-state index in [0.717, 1.165) is 0 Å². The molecule has 0 saturated heterocycles. The summed E-state index contributed by atoms with van der Waals surface area (Å²) in [5.74, 6) is 0.713. The second-order valence-corrected chi connectivity index (χ2v) is 13.1. The van der Waals surface area contributed by atoms with E-state index in [1.807, 2.05) is 0 Å². The molecule has 0 amide bonds. The van der Waals surface area contributed by atoms with E-state index in [9.17, 15) is 0 Å². The van der Waals surface area contributed by atoms with E-state index < -0.39 is 0 Å². The Balaban J connectivity index is 1.63. The van der Waals surface area contributed by atoms with Crippen molar-refractivity contribution in [2.75, 3.05) is 0 Å². The Morgan fingerprint density at radius 1 is 0.537 bits per heavy atom. The van der Waals surface area contributed by atoms with Gasteiger partial charge >= 0.3 is 0 Å². The number of rotatable bonds is 29. The van der Waals surface area contributed by atoms with Crippen LogP contribution in [0.25, 0.3) is 0 Å². The molecule has 0 aliphatic carbocycles. The van der Waals surface area contributed by atoms with E-state index in [-0.39, 0.29) is 0 Å². The lowest BCUT2D eigenvalue weighted by molar-refractivity contribution is -0.730. The molecule has 41 heavy (non-hydrogen) atoms. The first-order valence-electron chi connectivity index (χ1n) is 18.4. The van der Waals surface area contributed by atoms with Crippen LogP contribution in [0.15, 0.2) is 49.1 Å². The molecular formula is C39H69N2+. The van der Waals surface area contributed by atoms with Crippen molar-refractivity contribution in [3.63, 3.8) is 0 Å². The quantitative estimate of drug-likeness (QED) is 0.0747. The van der Waals surface area contributed by atoms with E-state index in [0.29, 0.717) is 12.0 Å². The third-order valence-corrected chi connectivity index (χ3v) is 9.37. The number of hydrogen-bond donors (Lipinski definition) is 1. The number of H-pyrrole nitrogens is 1. The van der Waals surface area contributed by atoms with Crippen molar-refractivity contribution < 1.29 is 4.57 Å². The summed E-state index contributed by atoms with van der Waals surface area (Å²) in [6, 6.07) is 11.9. The summed E-state index contributed by atoms with van der Waals surface area (Å²) >= 11 is 0. The van der Waals surface area contributed by atoms with Crippen LogP contribution in [0.2, 0.25) is 0 Å². The molecule has 2 rings (SSSR count). The fourth-order valence-corrected chi connectivity index (χ4v) is 6.75. The van der Waals surface area contributed by atoms with E-state index in [2.05, 4.69) is 72.5 Å². The molecule has 1 N–H and O–H groups in total. The number of nitrogens with one attached hydrogen (secondary N) is 1. The van der Waals surface area contributed by atoms with Crippen LogP contribution in [-0.2, 0) is 6.42 Å². The Kier molecular flexibility index (Phi) is 22.7. The van der Waals surface area contributed by atoms with E-state index in [1.165, 1.54) is 173 Å². The van der Waals surface area contributed by atoms with Crippen LogP contribution in [0.4, 0.5) is 0 Å². The molecule has 0 bridgehead atoms. The van der Waals surface area contributed by atoms with Crippen molar-refractivity contribution in [1.29, 1.82) is 0 Å². The topological polar surface area (TPSA) is 19.7 Å². The maximum Gasteiger partial charge on any atom is 0.241 e. The third-order valence-electron chi connectivity index (χ3n) is 9.37. The highest BCUT2D eigenvalue weighted by atomic mass is 15.1. The SMILES string of the molecule is CCCCCCCCCCCCCCCCCCCC(C(CCCCCCCC)Cc1ccccc1)[n+]1cc[nH]c1. The summed E-state index contributed by atoms with van der Waals surface area (Å²) < 4.78 is 2.50. The van der Waals surface area contributed by atoms with Crippen molar-refractivity contribution in [3.05, 3.63) is 54.6 Å². The van der Waals surface area contributed by atoms with Crippen LogP contribution in [0.3, 0.4) is 0 Å². The van der Waals surface area contributed by atoms with E-state index in [1.54, 1.807) is 0 Å². The lowest BCUT2D eigenvalue weighted by Crippen LogP contribution is -2.42. The predicted octanol–water partition coefficient (Wildman–Crippen LogP) is 12.5. The van der Waals surface area contributed by atoms with Crippen molar-refractivity contribution in [1.82, 2.24) is 4.98 Å². The molecule has 1 aromatic heterocycles. The Morgan fingerprint density at radius 2 is 0.976 bits per heavy atom. The van der Waals surface area contributed by atoms with Gasteiger partial charge in [0.1, 0.15) is 18.4 Å². The molecule has 2 aromatic rings. The van der Waals surface area contributed by atoms with Gasteiger partial charge in [-0.1, -0.05) is 185 Å². The van der Waals surface area contributed by atoms with Crippen LogP contribution in [0, 0.1) is 5.92 Å². The Hall–Kier alpha value is -1.57. The molecule has 0 aliphatic heterocycles. The minimum absolute atomic E-state index is 0.605. The number of nitrogens with zero attached hydrogens (tertiary/aromatic N) is 1. The lowest BCUT2D eigenvalue weighted by atomic mass is 9.84. The van der Waals surface area contributed by atoms with Gasteiger partial charge in [0.05, 0.1) is 0 Å². The summed E-state index contributed by atoms with van der Waals surface area (Å²) in [7, 11) is 0. The van der Waals surface area contributed by atoms with Crippen LogP contribution in [0.5, 0.6) is 0 Å². The summed E-state index contributed by atoms with van der Waals surface area (Å²) in [5.41, 5.74) is 1.51. The molecule has 2 heteroatoms. The summed E-state index contributed by atoms with van der Waals surface area (Å²) in [4.78, 5) is 3.34. The molecule has 0 fully saturated rings. The summed E-state index contributed by atoms with van der Waals surface area (Å²) in [6.45, 7) is 4.62. The van der Waals surface area contributed by atoms with Gasteiger partial charge in [0.15, 0.2) is 0 Å². The highest BCUT2D eigenvalue weighted by molar-refractivity contribution is 5.15. The number of aromatic amines is 1. The smallest absolute Gasteiger partial charge is 0.241 e. The molecule has 0 spiro atoms. The van der Waals surface area contributed by atoms with E-state index >= 15 is 0 Å². The Bertz CT molecular complexity index is 768. The number of aromatic nitrogens is 2. The number of unbranched alkanes of at least 4 members (excludes halogenated alkanes) is 21. The minimum atomic E-state index is 0.605. The normalized spacial score (nSPS) is 13.0. The maximum atomic E-state index is 3.34. The van der Waals surface area contributed by atoms with Crippen molar-refractivity contribution in [2.24, 2.45) is 5.92 Å². The molecule has 2 atom stereocenters. The zero-order chi connectivity index (χ0) is 29.1. The highest BCUT2D eigenvalue weighted by Gasteiger charge is 2.26. The van der Waals surface area contributed by atoms with Gasteiger partial charge in [0, 0.05) is 5.92 Å². The van der Waals surface area contributed by atoms with Gasteiger partial charge < -0.3 is 0 Å². The highest BCUT2D eigenvalue weighted by Crippen LogP contribution is 2.29. The largest absolute Gasteiger partial charge is 0.250 e. The minimum Gasteiger partial charge on any atom is -0.250 e. The van der Waals surface area contributed by atoms with Gasteiger partial charge in [-0.05, 0) is 31.2 Å². The van der Waals surface area contributed by atoms with Crippen LogP contribution in [-0.4, -0.2) is 4.98 Å². The lowest BCUT2D eigenvalue weighted by Gasteiger charge is -2.25. The molecule has 1 aromatic carbocycles. The average Bonchev–Trinajstić information content (AvgIpc) is 3.53. The van der Waals surface area contributed by atoms with Crippen LogP contribution < -0.4 is 4.57 Å². The molecule has 0 saturated carbocycles. The fourth-order valence-electron chi connectivity index (χ4n) is 6.75. The van der Waals surface area contributed by atoms with Crippen molar-refractivity contribution in [3.8, 4) is 0 Å². The van der Waals surface area contributed by atoms with Gasteiger partial charge in [-0.2, -0.15) is 0 Å². The number of imidazole rings is 1. The molecule has 0 aliphatic rings. The first-order chi connectivity index (χ1) is 20.3. The predicted molar refractivity (Wildman–Crippen MR) is 180 cm³/mol. The Labute approximate surface area is 256 Å². The monoisotopic (exact) mass is 566 g/mol. The van der Waals surface area contributed by atoms with Gasteiger partial charge in [-0.3, -0.25) is 4.98 Å². The average molecular weight is 566 g/mol.